The molecule has 2 aliphatic rings. The summed E-state index contributed by atoms with van der Waals surface area (Å²) in [6.07, 6.45) is 11.1. The second-order valence-electron chi connectivity index (χ2n) is 12.4. The highest BCUT2D eigenvalue weighted by Crippen LogP contribution is 2.26. The van der Waals surface area contributed by atoms with Crippen LogP contribution in [0.25, 0.3) is 22.3 Å². The fraction of sp³-hybridized carbons (Fsp3) is 0.514. The molecule has 0 spiro atoms. The molecule has 2 fully saturated rings. The molecule has 0 saturated heterocycles. The zero-order valence-corrected chi connectivity index (χ0v) is 27.2. The van der Waals surface area contributed by atoms with Crippen LogP contribution >= 0.6 is 0 Å². The van der Waals surface area contributed by atoms with Crippen LogP contribution in [0.1, 0.15) is 83.7 Å². The lowest BCUT2D eigenvalue weighted by atomic mass is 9.91. The van der Waals surface area contributed by atoms with Gasteiger partial charge in [-0.3, -0.25) is 0 Å². The van der Waals surface area contributed by atoms with Gasteiger partial charge in [0.2, 0.25) is 5.95 Å². The number of nitrogens with one attached hydrogen (secondary N) is 2. The van der Waals surface area contributed by atoms with E-state index in [9.17, 15) is 0 Å². The van der Waals surface area contributed by atoms with Crippen molar-refractivity contribution >= 4 is 22.9 Å². The van der Waals surface area contributed by atoms with Crippen LogP contribution in [-0.2, 0) is 6.54 Å². The van der Waals surface area contributed by atoms with Crippen molar-refractivity contribution in [2.75, 3.05) is 17.2 Å². The van der Waals surface area contributed by atoms with Gasteiger partial charge in [-0.15, -0.1) is 0 Å². The number of hydrogen-bond donors (Lipinski definition) is 6. The van der Waals surface area contributed by atoms with Crippen molar-refractivity contribution in [2.24, 2.45) is 17.2 Å². The van der Waals surface area contributed by atoms with Crippen molar-refractivity contribution in [3.05, 3.63) is 66.5 Å². The van der Waals surface area contributed by atoms with Crippen LogP contribution in [0.3, 0.4) is 0 Å². The van der Waals surface area contributed by atoms with E-state index in [0.29, 0.717) is 12.5 Å². The second-order valence-corrected chi connectivity index (χ2v) is 12.4. The van der Waals surface area contributed by atoms with Gasteiger partial charge in [0.15, 0.2) is 17.0 Å². The Bertz CT molecular complexity index is 1410. The SMILES string of the molecule is CC(C)n1cnc2c(NCc3ccc(-c4ccccc4)cc3)nc(N[C@@H]3CCCC[C@@H]3N)nc21.CCO.N[C@@H]1CCCC[C@@H]1N. The third-order valence-corrected chi connectivity index (χ3v) is 8.51. The van der Waals surface area contributed by atoms with Gasteiger partial charge in [0, 0.05) is 43.4 Å². The Labute approximate surface area is 268 Å². The van der Waals surface area contributed by atoms with Gasteiger partial charge in [-0.1, -0.05) is 80.3 Å². The van der Waals surface area contributed by atoms with Crippen LogP contribution in [0.5, 0.6) is 0 Å². The normalized spacial score (nSPS) is 21.3. The Morgan fingerprint density at radius 1 is 0.822 bits per heavy atom. The number of nitrogens with two attached hydrogens (primary N) is 3. The molecule has 244 valence electrons. The van der Waals surface area contributed by atoms with Crippen LogP contribution < -0.4 is 27.8 Å². The largest absolute Gasteiger partial charge is 0.397 e. The molecule has 0 unspecified atom stereocenters. The molecule has 0 amide bonds. The van der Waals surface area contributed by atoms with E-state index >= 15 is 0 Å². The van der Waals surface area contributed by atoms with Crippen molar-refractivity contribution in [3.8, 4) is 11.1 Å². The van der Waals surface area contributed by atoms with Crippen LogP contribution in [0, 0.1) is 0 Å². The van der Waals surface area contributed by atoms with E-state index in [0.717, 1.165) is 42.7 Å². The van der Waals surface area contributed by atoms with E-state index in [-0.39, 0.29) is 36.8 Å². The van der Waals surface area contributed by atoms with E-state index in [1.54, 1.807) is 6.92 Å². The molecule has 2 heterocycles. The molecule has 2 aromatic heterocycles. The van der Waals surface area contributed by atoms with E-state index in [1.165, 1.54) is 42.4 Å². The maximum Gasteiger partial charge on any atom is 0.227 e. The number of aliphatic hydroxyl groups is 1. The second kappa shape index (κ2) is 17.2. The van der Waals surface area contributed by atoms with Gasteiger partial charge >= 0.3 is 0 Å². The van der Waals surface area contributed by atoms with Gasteiger partial charge in [0.1, 0.15) is 0 Å². The number of imidazole rings is 1. The minimum absolute atomic E-state index is 0.127. The summed E-state index contributed by atoms with van der Waals surface area (Å²) in [5.74, 6) is 1.35. The molecule has 9 N–H and O–H groups in total. The molecule has 4 atom stereocenters. The number of nitrogens with zero attached hydrogens (tertiary/aromatic N) is 4. The van der Waals surface area contributed by atoms with Gasteiger partial charge in [-0.25, -0.2) is 4.98 Å². The highest BCUT2D eigenvalue weighted by molar-refractivity contribution is 5.84. The molecule has 6 rings (SSSR count). The standard InChI is InChI=1S/C27H33N7.C6H14N2.C2H6O/c1-18(2)34-17-30-24-25(32-27(33-26(24)34)31-23-11-7-6-10-22(23)28)29-16-19-12-14-21(15-13-19)20-8-4-3-5-9-20;7-5-3-1-2-4-6(5)8;1-2-3/h3-5,8-9,12-15,17-18,22-23H,6-7,10-11,16,28H2,1-2H3,(H2,29,31,32,33);5-6H,1-4,7-8H2;3H,2H2,1H3/t22-,23+;5-,6+;/m0../s1. The average Bonchev–Trinajstić information content (AvgIpc) is 3.49. The molecule has 10 nitrogen and oxygen atoms in total. The predicted octanol–water partition coefficient (Wildman–Crippen LogP) is 5.58. The third kappa shape index (κ3) is 9.71. The summed E-state index contributed by atoms with van der Waals surface area (Å²) >= 11 is 0. The van der Waals surface area contributed by atoms with Gasteiger partial charge in [0.05, 0.1) is 6.33 Å². The average molecular weight is 616 g/mol. The number of hydrogen-bond acceptors (Lipinski definition) is 9. The maximum absolute atomic E-state index is 7.57. The third-order valence-electron chi connectivity index (χ3n) is 8.51. The molecule has 2 saturated carbocycles. The first-order chi connectivity index (χ1) is 21.8. The maximum atomic E-state index is 7.57. The molecule has 2 aliphatic carbocycles. The Balaban J connectivity index is 0.000000357. The molecule has 0 radical (unpaired) electrons. The first kappa shape index (κ1) is 34.3. The molecular formula is C35H53N9O. The van der Waals surface area contributed by atoms with E-state index < -0.39 is 0 Å². The molecule has 0 bridgehead atoms. The van der Waals surface area contributed by atoms with Crippen LogP contribution in [0.4, 0.5) is 11.8 Å². The molecule has 2 aromatic carbocycles. The summed E-state index contributed by atoms with van der Waals surface area (Å²) < 4.78 is 2.09. The summed E-state index contributed by atoms with van der Waals surface area (Å²) in [6.45, 7) is 6.85. The zero-order chi connectivity index (χ0) is 32.2. The minimum Gasteiger partial charge on any atom is -0.397 e. The molecule has 45 heavy (non-hydrogen) atoms. The number of anilines is 2. The van der Waals surface area contributed by atoms with E-state index in [2.05, 4.69) is 82.6 Å². The van der Waals surface area contributed by atoms with Gasteiger partial charge in [-0.2, -0.15) is 9.97 Å². The van der Waals surface area contributed by atoms with Gasteiger partial charge in [0.25, 0.3) is 0 Å². The topological polar surface area (TPSA) is 166 Å². The van der Waals surface area contributed by atoms with E-state index in [1.807, 2.05) is 12.4 Å². The number of rotatable bonds is 7. The van der Waals surface area contributed by atoms with Gasteiger partial charge in [-0.05, 0) is 63.1 Å². The van der Waals surface area contributed by atoms with Crippen molar-refractivity contribution in [2.45, 2.75) is 109 Å². The molecule has 0 aliphatic heterocycles. The van der Waals surface area contributed by atoms with Crippen molar-refractivity contribution in [1.82, 2.24) is 19.5 Å². The van der Waals surface area contributed by atoms with Crippen LogP contribution in [0.2, 0.25) is 0 Å². The zero-order valence-electron chi connectivity index (χ0n) is 27.2. The summed E-state index contributed by atoms with van der Waals surface area (Å²) in [5.41, 5.74) is 22.9. The number of aromatic nitrogens is 4. The van der Waals surface area contributed by atoms with E-state index in [4.69, 9.17) is 32.3 Å². The first-order valence-electron chi connectivity index (χ1n) is 16.6. The molecule has 4 aromatic rings. The summed E-state index contributed by atoms with van der Waals surface area (Å²) in [4.78, 5) is 14.3. The van der Waals surface area contributed by atoms with Crippen LogP contribution in [-0.4, -0.2) is 55.4 Å². The lowest BCUT2D eigenvalue weighted by Gasteiger charge is -2.29. The Kier molecular flexibility index (Phi) is 13.1. The number of aliphatic hydroxyl groups excluding tert-OH is 1. The fourth-order valence-corrected chi connectivity index (χ4v) is 5.81. The predicted molar refractivity (Wildman–Crippen MR) is 186 cm³/mol. The highest BCUT2D eigenvalue weighted by Gasteiger charge is 2.24. The molecule has 10 heteroatoms. The quantitative estimate of drug-likeness (QED) is 0.156. The van der Waals surface area contributed by atoms with Crippen molar-refractivity contribution in [1.29, 1.82) is 0 Å². The van der Waals surface area contributed by atoms with Crippen LogP contribution in [0.15, 0.2) is 60.9 Å². The lowest BCUT2D eigenvalue weighted by Crippen LogP contribution is -2.43. The lowest BCUT2D eigenvalue weighted by molar-refractivity contribution is 0.318. The fourth-order valence-electron chi connectivity index (χ4n) is 5.81. The van der Waals surface area contributed by atoms with Crippen molar-refractivity contribution < 1.29 is 5.11 Å². The first-order valence-corrected chi connectivity index (χ1v) is 16.6. The Hall–Kier alpha value is -3.57. The smallest absolute Gasteiger partial charge is 0.227 e. The molecular weight excluding hydrogens is 562 g/mol. The monoisotopic (exact) mass is 615 g/mol. The number of fused-ring (bicyclic) bond motifs is 1. The summed E-state index contributed by atoms with van der Waals surface area (Å²) in [6, 6.07) is 20.2. The summed E-state index contributed by atoms with van der Waals surface area (Å²) in [5, 5.41) is 14.6. The Morgan fingerprint density at radius 2 is 1.40 bits per heavy atom. The number of benzene rings is 2. The summed E-state index contributed by atoms with van der Waals surface area (Å²) in [7, 11) is 0. The highest BCUT2D eigenvalue weighted by atomic mass is 16.2. The van der Waals surface area contributed by atoms with Crippen molar-refractivity contribution in [3.63, 3.8) is 0 Å². The minimum atomic E-state index is 0.127. The Morgan fingerprint density at radius 3 is 1.98 bits per heavy atom. The van der Waals surface area contributed by atoms with Gasteiger partial charge < -0.3 is 37.5 Å².